The van der Waals surface area contributed by atoms with Crippen LogP contribution in [-0.4, -0.2) is 53.6 Å². The maximum atomic E-state index is 12.7. The molecule has 2 heterocycles. The second-order valence-corrected chi connectivity index (χ2v) is 9.15. The van der Waals surface area contributed by atoms with Crippen LogP contribution in [0.3, 0.4) is 0 Å². The summed E-state index contributed by atoms with van der Waals surface area (Å²) in [5.41, 5.74) is 2.85. The highest BCUT2D eigenvalue weighted by atomic mass is 32.2. The normalized spacial score (nSPS) is 21.5. The van der Waals surface area contributed by atoms with Crippen molar-refractivity contribution < 1.29 is 13.2 Å². The first-order chi connectivity index (χ1) is 10.6. The summed E-state index contributed by atoms with van der Waals surface area (Å²) in [5, 5.41) is 4.51. The number of rotatable bonds is 3. The number of hydrogen-bond acceptors (Lipinski definition) is 4. The van der Waals surface area contributed by atoms with Gasteiger partial charge in [-0.3, -0.25) is 9.48 Å². The molecule has 1 saturated heterocycles. The van der Waals surface area contributed by atoms with Crippen LogP contribution in [0.4, 0.5) is 0 Å². The molecule has 6 nitrogen and oxygen atoms in total. The molecule has 130 valence electrons. The van der Waals surface area contributed by atoms with Gasteiger partial charge in [-0.2, -0.15) is 5.10 Å². The summed E-state index contributed by atoms with van der Waals surface area (Å²) in [6.07, 6.45) is 0.289. The molecule has 0 saturated carbocycles. The molecule has 0 radical (unpaired) electrons. The molecule has 1 unspecified atom stereocenters. The first kappa shape index (κ1) is 18.0. The molecule has 1 amide bonds. The van der Waals surface area contributed by atoms with E-state index in [-0.39, 0.29) is 35.8 Å². The molecule has 2 rings (SSSR count). The van der Waals surface area contributed by atoms with E-state index in [4.69, 9.17) is 0 Å². The summed E-state index contributed by atoms with van der Waals surface area (Å²) in [4.78, 5) is 14.3. The minimum Gasteiger partial charge on any atom is -0.341 e. The number of sulfone groups is 1. The summed E-state index contributed by atoms with van der Waals surface area (Å²) in [5.74, 6) is 0.197. The van der Waals surface area contributed by atoms with Gasteiger partial charge in [-0.05, 0) is 33.6 Å². The van der Waals surface area contributed by atoms with Crippen molar-refractivity contribution in [3.05, 3.63) is 17.0 Å². The zero-order valence-corrected chi connectivity index (χ0v) is 15.5. The number of amides is 1. The van der Waals surface area contributed by atoms with Gasteiger partial charge in [0, 0.05) is 30.4 Å². The van der Waals surface area contributed by atoms with Crippen LogP contribution in [0.5, 0.6) is 0 Å². The smallest absolute Gasteiger partial charge is 0.227 e. The van der Waals surface area contributed by atoms with Gasteiger partial charge >= 0.3 is 0 Å². The molecule has 0 aliphatic carbocycles. The predicted octanol–water partition coefficient (Wildman–Crippen LogP) is 1.52. The fourth-order valence-electron chi connectivity index (χ4n) is 3.23. The molecule has 0 N–H and O–H groups in total. The lowest BCUT2D eigenvalue weighted by atomic mass is 10.1. The van der Waals surface area contributed by atoms with Gasteiger partial charge in [-0.1, -0.05) is 6.92 Å². The number of aromatic nitrogens is 2. The zero-order valence-electron chi connectivity index (χ0n) is 14.7. The van der Waals surface area contributed by atoms with Crippen LogP contribution >= 0.6 is 0 Å². The van der Waals surface area contributed by atoms with Gasteiger partial charge in [0.2, 0.25) is 5.91 Å². The van der Waals surface area contributed by atoms with Gasteiger partial charge in [-0.15, -0.1) is 0 Å². The van der Waals surface area contributed by atoms with Gasteiger partial charge in [0.25, 0.3) is 0 Å². The molecular weight excluding hydrogens is 314 g/mol. The largest absolute Gasteiger partial charge is 0.341 e. The van der Waals surface area contributed by atoms with Crippen LogP contribution in [0.2, 0.25) is 0 Å². The molecule has 1 aliphatic rings. The summed E-state index contributed by atoms with van der Waals surface area (Å²) in [6.45, 7) is 10.7. The second-order valence-electron chi connectivity index (χ2n) is 6.92. The number of carbonyl (C=O) groups is 1. The third kappa shape index (κ3) is 4.13. The van der Waals surface area contributed by atoms with Crippen LogP contribution in [0.25, 0.3) is 0 Å². The predicted molar refractivity (Wildman–Crippen MR) is 90.2 cm³/mol. The molecule has 0 aromatic carbocycles. The Hall–Kier alpha value is -1.37. The van der Waals surface area contributed by atoms with Crippen molar-refractivity contribution in [2.75, 3.05) is 24.6 Å². The summed E-state index contributed by atoms with van der Waals surface area (Å²) in [6, 6.07) is 0.251. The van der Waals surface area contributed by atoms with E-state index in [9.17, 15) is 13.2 Å². The van der Waals surface area contributed by atoms with Crippen LogP contribution in [0, 0.1) is 19.8 Å². The lowest BCUT2D eigenvalue weighted by Crippen LogP contribution is -2.36. The average Bonchev–Trinajstić information content (AvgIpc) is 2.62. The number of carbonyl (C=O) groups excluding carboxylic acids is 1. The Balaban J connectivity index is 2.16. The summed E-state index contributed by atoms with van der Waals surface area (Å²) in [7, 11) is -3.04. The van der Waals surface area contributed by atoms with E-state index in [0.29, 0.717) is 13.1 Å². The number of hydrogen-bond donors (Lipinski definition) is 0. The molecular formula is C16H27N3O3S. The number of aryl methyl sites for hydroxylation is 1. The van der Waals surface area contributed by atoms with E-state index < -0.39 is 9.84 Å². The third-order valence-electron chi connectivity index (χ3n) is 4.39. The maximum Gasteiger partial charge on any atom is 0.227 e. The molecule has 7 heteroatoms. The van der Waals surface area contributed by atoms with E-state index >= 15 is 0 Å². The zero-order chi connectivity index (χ0) is 17.4. The third-order valence-corrected chi connectivity index (χ3v) is 6.27. The lowest BCUT2D eigenvalue weighted by Gasteiger charge is -2.22. The van der Waals surface area contributed by atoms with Crippen molar-refractivity contribution in [1.82, 2.24) is 14.7 Å². The van der Waals surface area contributed by atoms with Crippen molar-refractivity contribution >= 4 is 15.7 Å². The Morgan fingerprint density at radius 1 is 1.35 bits per heavy atom. The molecule has 1 aliphatic heterocycles. The van der Waals surface area contributed by atoms with Crippen LogP contribution in [0.1, 0.15) is 43.8 Å². The van der Waals surface area contributed by atoms with Crippen molar-refractivity contribution in [2.45, 2.75) is 47.1 Å². The van der Waals surface area contributed by atoms with E-state index in [1.807, 2.05) is 25.5 Å². The molecule has 1 aromatic rings. The van der Waals surface area contributed by atoms with Gasteiger partial charge in [0.05, 0.1) is 23.6 Å². The second kappa shape index (κ2) is 6.63. The standard InChI is InChI=1S/C16H27N3O3S/c1-11(2)19-14(5)15(13(4)17-19)8-16(20)18-6-7-23(21,22)10-12(3)9-18/h11-12H,6-10H2,1-5H3. The van der Waals surface area contributed by atoms with Gasteiger partial charge in [-0.25, -0.2) is 8.42 Å². The van der Waals surface area contributed by atoms with E-state index in [0.717, 1.165) is 17.0 Å². The summed E-state index contributed by atoms with van der Waals surface area (Å²) >= 11 is 0. The maximum absolute atomic E-state index is 12.7. The Labute approximate surface area is 138 Å². The minimum atomic E-state index is -3.04. The lowest BCUT2D eigenvalue weighted by molar-refractivity contribution is -0.130. The molecule has 0 bridgehead atoms. The Morgan fingerprint density at radius 2 is 2.00 bits per heavy atom. The quantitative estimate of drug-likeness (QED) is 0.835. The molecule has 1 fully saturated rings. The Kier molecular flexibility index (Phi) is 5.18. The fourth-order valence-corrected chi connectivity index (χ4v) is 4.87. The van der Waals surface area contributed by atoms with Gasteiger partial charge in [0.15, 0.2) is 9.84 Å². The van der Waals surface area contributed by atoms with Crippen LogP contribution in [0.15, 0.2) is 0 Å². The monoisotopic (exact) mass is 341 g/mol. The topological polar surface area (TPSA) is 72.3 Å². The first-order valence-corrected chi connectivity index (χ1v) is 9.95. The van der Waals surface area contributed by atoms with Crippen molar-refractivity contribution in [3.8, 4) is 0 Å². The summed E-state index contributed by atoms with van der Waals surface area (Å²) < 4.78 is 25.6. The van der Waals surface area contributed by atoms with Crippen LogP contribution < -0.4 is 0 Å². The van der Waals surface area contributed by atoms with Gasteiger partial charge in [0.1, 0.15) is 0 Å². The average molecular weight is 341 g/mol. The highest BCUT2D eigenvalue weighted by molar-refractivity contribution is 7.91. The van der Waals surface area contributed by atoms with Crippen molar-refractivity contribution in [3.63, 3.8) is 0 Å². The Morgan fingerprint density at radius 3 is 2.57 bits per heavy atom. The van der Waals surface area contributed by atoms with Crippen molar-refractivity contribution in [1.29, 1.82) is 0 Å². The fraction of sp³-hybridized carbons (Fsp3) is 0.750. The van der Waals surface area contributed by atoms with E-state index in [2.05, 4.69) is 18.9 Å². The highest BCUT2D eigenvalue weighted by Gasteiger charge is 2.28. The molecule has 0 spiro atoms. The number of nitrogens with zero attached hydrogens (tertiary/aromatic N) is 3. The highest BCUT2D eigenvalue weighted by Crippen LogP contribution is 2.19. The minimum absolute atomic E-state index is 0.0107. The van der Waals surface area contributed by atoms with Crippen molar-refractivity contribution in [2.24, 2.45) is 5.92 Å². The first-order valence-electron chi connectivity index (χ1n) is 8.13. The van der Waals surface area contributed by atoms with Gasteiger partial charge < -0.3 is 4.90 Å². The molecule has 1 aromatic heterocycles. The van der Waals surface area contributed by atoms with E-state index in [1.165, 1.54) is 0 Å². The Bertz CT molecular complexity index is 692. The van der Waals surface area contributed by atoms with E-state index in [1.54, 1.807) is 4.90 Å². The molecule has 23 heavy (non-hydrogen) atoms. The molecule has 1 atom stereocenters. The SMILES string of the molecule is Cc1nn(C(C)C)c(C)c1CC(=O)N1CCS(=O)(=O)CC(C)C1. The van der Waals surface area contributed by atoms with Crippen LogP contribution in [-0.2, 0) is 21.1 Å².